The molecular weight excluding hydrogens is 338 g/mol. The number of hydrogen-bond donors (Lipinski definition) is 1. The van der Waals surface area contributed by atoms with E-state index >= 15 is 0 Å². The van der Waals surface area contributed by atoms with Crippen LogP contribution >= 0.6 is 0 Å². The molecule has 0 radical (unpaired) electrons. The van der Waals surface area contributed by atoms with E-state index in [4.69, 9.17) is 4.74 Å². The maximum Gasteiger partial charge on any atom is 0.320 e. The number of benzene rings is 2. The number of rotatable bonds is 5. The standard InChI is InChI=1S/C22H29N3O2/c1-4-19-9-5-6-11-21(19)27-16-23-22(26)25-14-12-24(13-15-25)20-10-7-8-17(2)18(20)3/h5-11H,4,12-16H2,1-3H3,(H,23,26). The lowest BCUT2D eigenvalue weighted by Gasteiger charge is -2.37. The molecule has 5 nitrogen and oxygen atoms in total. The molecule has 0 unspecified atom stereocenters. The van der Waals surface area contributed by atoms with Crippen molar-refractivity contribution < 1.29 is 9.53 Å². The molecule has 1 N–H and O–H groups in total. The van der Waals surface area contributed by atoms with Crippen molar-refractivity contribution in [3.8, 4) is 5.75 Å². The van der Waals surface area contributed by atoms with Crippen molar-refractivity contribution in [2.24, 2.45) is 0 Å². The van der Waals surface area contributed by atoms with E-state index in [0.717, 1.165) is 30.8 Å². The molecule has 1 aliphatic heterocycles. The maximum atomic E-state index is 12.4. The Labute approximate surface area is 161 Å². The van der Waals surface area contributed by atoms with Crippen molar-refractivity contribution in [3.63, 3.8) is 0 Å². The number of nitrogens with one attached hydrogen (secondary N) is 1. The minimum atomic E-state index is -0.0652. The van der Waals surface area contributed by atoms with Crippen LogP contribution in [-0.2, 0) is 6.42 Å². The van der Waals surface area contributed by atoms with Crippen molar-refractivity contribution in [2.75, 3.05) is 37.8 Å². The SMILES string of the molecule is CCc1ccccc1OCNC(=O)N1CCN(c2cccc(C)c2C)CC1. The number of carbonyl (C=O) groups is 1. The molecule has 1 saturated heterocycles. The summed E-state index contributed by atoms with van der Waals surface area (Å²) in [7, 11) is 0. The fourth-order valence-corrected chi connectivity index (χ4v) is 3.45. The van der Waals surface area contributed by atoms with Crippen LogP contribution in [0.2, 0.25) is 0 Å². The molecule has 0 bridgehead atoms. The average molecular weight is 367 g/mol. The fraction of sp³-hybridized carbons (Fsp3) is 0.409. The van der Waals surface area contributed by atoms with Crippen molar-refractivity contribution in [3.05, 3.63) is 59.2 Å². The lowest BCUT2D eigenvalue weighted by atomic mass is 10.1. The summed E-state index contributed by atoms with van der Waals surface area (Å²) in [6, 6.07) is 14.3. The lowest BCUT2D eigenvalue weighted by molar-refractivity contribution is 0.181. The molecule has 2 aromatic carbocycles. The Morgan fingerprint density at radius 1 is 1.04 bits per heavy atom. The zero-order valence-electron chi connectivity index (χ0n) is 16.5. The van der Waals surface area contributed by atoms with Gasteiger partial charge in [0.15, 0.2) is 6.73 Å². The van der Waals surface area contributed by atoms with Gasteiger partial charge in [-0.3, -0.25) is 0 Å². The van der Waals surface area contributed by atoms with E-state index in [2.05, 4.69) is 49.2 Å². The first-order valence-electron chi connectivity index (χ1n) is 9.64. The smallest absolute Gasteiger partial charge is 0.320 e. The number of para-hydroxylation sites is 1. The molecule has 27 heavy (non-hydrogen) atoms. The largest absolute Gasteiger partial charge is 0.473 e. The number of anilines is 1. The van der Waals surface area contributed by atoms with E-state index in [1.807, 2.05) is 29.2 Å². The van der Waals surface area contributed by atoms with Gasteiger partial charge in [0.25, 0.3) is 0 Å². The van der Waals surface area contributed by atoms with Crippen LogP contribution in [0, 0.1) is 13.8 Å². The number of aryl methyl sites for hydroxylation is 2. The van der Waals surface area contributed by atoms with Crippen LogP contribution < -0.4 is 15.0 Å². The van der Waals surface area contributed by atoms with E-state index in [0.29, 0.717) is 13.1 Å². The second-order valence-electron chi connectivity index (χ2n) is 6.93. The Hall–Kier alpha value is -2.69. The highest BCUT2D eigenvalue weighted by Crippen LogP contribution is 2.24. The third kappa shape index (κ3) is 4.54. The third-order valence-corrected chi connectivity index (χ3v) is 5.29. The van der Waals surface area contributed by atoms with Crippen molar-refractivity contribution in [1.82, 2.24) is 10.2 Å². The molecule has 5 heteroatoms. The van der Waals surface area contributed by atoms with Crippen molar-refractivity contribution >= 4 is 11.7 Å². The molecule has 1 heterocycles. The van der Waals surface area contributed by atoms with Gasteiger partial charge in [0.2, 0.25) is 0 Å². The maximum absolute atomic E-state index is 12.4. The van der Waals surface area contributed by atoms with E-state index in [1.54, 1.807) is 0 Å². The van der Waals surface area contributed by atoms with Crippen LogP contribution in [0.15, 0.2) is 42.5 Å². The zero-order chi connectivity index (χ0) is 19.2. The fourth-order valence-electron chi connectivity index (χ4n) is 3.45. The van der Waals surface area contributed by atoms with E-state index in [9.17, 15) is 4.79 Å². The normalized spacial score (nSPS) is 14.2. The summed E-state index contributed by atoms with van der Waals surface area (Å²) < 4.78 is 5.74. The third-order valence-electron chi connectivity index (χ3n) is 5.29. The van der Waals surface area contributed by atoms with Gasteiger partial charge < -0.3 is 19.9 Å². The van der Waals surface area contributed by atoms with Gasteiger partial charge in [-0.25, -0.2) is 4.79 Å². The Morgan fingerprint density at radius 3 is 2.52 bits per heavy atom. The molecule has 0 spiro atoms. The van der Waals surface area contributed by atoms with Crippen LogP contribution in [-0.4, -0.2) is 43.8 Å². The van der Waals surface area contributed by atoms with Gasteiger partial charge >= 0.3 is 6.03 Å². The number of nitrogens with zero attached hydrogens (tertiary/aromatic N) is 2. The second-order valence-corrected chi connectivity index (χ2v) is 6.93. The van der Waals surface area contributed by atoms with Gasteiger partial charge in [-0.15, -0.1) is 0 Å². The van der Waals surface area contributed by atoms with Gasteiger partial charge in [-0.05, 0) is 49.1 Å². The average Bonchev–Trinajstić information content (AvgIpc) is 2.70. The zero-order valence-corrected chi connectivity index (χ0v) is 16.5. The van der Waals surface area contributed by atoms with Crippen molar-refractivity contribution in [1.29, 1.82) is 0 Å². The summed E-state index contributed by atoms with van der Waals surface area (Å²) in [5, 5.41) is 2.87. The molecule has 0 atom stereocenters. The summed E-state index contributed by atoms with van der Waals surface area (Å²) in [5.41, 5.74) is 5.04. The molecule has 0 aromatic heterocycles. The van der Waals surface area contributed by atoms with Crippen LogP contribution in [0.4, 0.5) is 10.5 Å². The number of carbonyl (C=O) groups excluding carboxylic acids is 1. The van der Waals surface area contributed by atoms with Gasteiger partial charge in [0.1, 0.15) is 5.75 Å². The first-order chi connectivity index (χ1) is 13.1. The molecule has 3 rings (SSSR count). The van der Waals surface area contributed by atoms with E-state index in [-0.39, 0.29) is 12.8 Å². The predicted molar refractivity (Wildman–Crippen MR) is 110 cm³/mol. The summed E-state index contributed by atoms with van der Waals surface area (Å²) in [6.07, 6.45) is 0.907. The number of ether oxygens (including phenoxy) is 1. The van der Waals surface area contributed by atoms with Gasteiger partial charge in [0.05, 0.1) is 0 Å². The molecular formula is C22H29N3O2. The Morgan fingerprint density at radius 2 is 1.78 bits per heavy atom. The molecule has 0 saturated carbocycles. The van der Waals surface area contributed by atoms with E-state index in [1.165, 1.54) is 16.8 Å². The molecule has 1 aliphatic rings. The molecule has 144 valence electrons. The number of amides is 2. The molecule has 2 aromatic rings. The summed E-state index contributed by atoms with van der Waals surface area (Å²) >= 11 is 0. The molecule has 0 aliphatic carbocycles. The first-order valence-corrected chi connectivity index (χ1v) is 9.64. The number of hydrogen-bond acceptors (Lipinski definition) is 3. The highest BCUT2D eigenvalue weighted by molar-refractivity contribution is 5.74. The van der Waals surface area contributed by atoms with E-state index < -0.39 is 0 Å². The summed E-state index contributed by atoms with van der Waals surface area (Å²) in [5.74, 6) is 0.833. The van der Waals surface area contributed by atoms with Crippen LogP contribution in [0.5, 0.6) is 5.75 Å². The Balaban J connectivity index is 1.48. The lowest BCUT2D eigenvalue weighted by Crippen LogP contribution is -2.52. The quantitative estimate of drug-likeness (QED) is 0.819. The Bertz CT molecular complexity index is 783. The number of urea groups is 1. The molecule has 1 fully saturated rings. The monoisotopic (exact) mass is 367 g/mol. The van der Waals surface area contributed by atoms with Crippen molar-refractivity contribution in [2.45, 2.75) is 27.2 Å². The number of piperazine rings is 1. The first kappa shape index (κ1) is 19.1. The van der Waals surface area contributed by atoms with Gasteiger partial charge in [-0.1, -0.05) is 37.3 Å². The minimum Gasteiger partial charge on any atom is -0.473 e. The minimum absolute atomic E-state index is 0.0652. The summed E-state index contributed by atoms with van der Waals surface area (Å²) in [4.78, 5) is 16.6. The summed E-state index contributed by atoms with van der Waals surface area (Å²) in [6.45, 7) is 9.70. The highest BCUT2D eigenvalue weighted by atomic mass is 16.5. The topological polar surface area (TPSA) is 44.8 Å². The highest BCUT2D eigenvalue weighted by Gasteiger charge is 2.22. The van der Waals surface area contributed by atoms with Crippen LogP contribution in [0.1, 0.15) is 23.6 Å². The Kier molecular flexibility index (Phi) is 6.22. The van der Waals surface area contributed by atoms with Crippen LogP contribution in [0.25, 0.3) is 0 Å². The van der Waals surface area contributed by atoms with Crippen LogP contribution in [0.3, 0.4) is 0 Å². The second kappa shape index (κ2) is 8.80. The van der Waals surface area contributed by atoms with Gasteiger partial charge in [-0.2, -0.15) is 0 Å². The van der Waals surface area contributed by atoms with Gasteiger partial charge in [0, 0.05) is 31.9 Å². The predicted octanol–water partition coefficient (Wildman–Crippen LogP) is 3.73. The molecule has 2 amide bonds.